The average Bonchev–Trinajstić information content (AvgIpc) is 2.93. The molecule has 0 spiro atoms. The molecule has 0 saturated heterocycles. The number of carbonyl (C=O) groups is 1. The summed E-state index contributed by atoms with van der Waals surface area (Å²) in [5.41, 5.74) is 2.25. The highest BCUT2D eigenvalue weighted by Crippen LogP contribution is 2.26. The number of methoxy groups -OCH3 is 1. The number of hydrogen-bond acceptors (Lipinski definition) is 3. The molecule has 0 saturated carbocycles. The van der Waals surface area contributed by atoms with Crippen LogP contribution in [0.3, 0.4) is 0 Å². The Kier molecular flexibility index (Phi) is 5.41. The standard InChI is InChI=1S/C19H16Cl2N2O2/c1-25-17-7-5-13(10-15(17)21)11-16-19(24)23-18(22-16)8-6-12-3-2-4-14(20)9-12/h2-5,7,9-11H,6,8H2,1H3,(H,22,23,24)/b16-11+. The Balaban J connectivity index is 1.72. The van der Waals surface area contributed by atoms with Crippen molar-refractivity contribution >= 4 is 41.0 Å². The van der Waals surface area contributed by atoms with Crippen LogP contribution in [0.1, 0.15) is 17.5 Å². The van der Waals surface area contributed by atoms with Crippen molar-refractivity contribution in [1.29, 1.82) is 0 Å². The molecule has 3 rings (SSSR count). The normalized spacial score (nSPS) is 15.2. The molecule has 0 radical (unpaired) electrons. The summed E-state index contributed by atoms with van der Waals surface area (Å²) in [5, 5.41) is 3.99. The summed E-state index contributed by atoms with van der Waals surface area (Å²) in [6.07, 6.45) is 3.08. The second kappa shape index (κ2) is 7.72. The molecule has 1 amide bonds. The summed E-state index contributed by atoms with van der Waals surface area (Å²) in [5.74, 6) is 1.02. The predicted molar refractivity (Wildman–Crippen MR) is 101 cm³/mol. The van der Waals surface area contributed by atoms with E-state index in [1.165, 1.54) is 0 Å². The van der Waals surface area contributed by atoms with Gasteiger partial charge in [-0.15, -0.1) is 0 Å². The van der Waals surface area contributed by atoms with Crippen molar-refractivity contribution < 1.29 is 9.53 Å². The first-order chi connectivity index (χ1) is 12.0. The molecule has 0 atom stereocenters. The van der Waals surface area contributed by atoms with Crippen LogP contribution in [0, 0.1) is 0 Å². The lowest BCUT2D eigenvalue weighted by atomic mass is 10.1. The third-order valence-electron chi connectivity index (χ3n) is 3.76. The van der Waals surface area contributed by atoms with E-state index in [0.717, 1.165) is 17.5 Å². The second-order valence-electron chi connectivity index (χ2n) is 5.57. The lowest BCUT2D eigenvalue weighted by molar-refractivity contribution is -0.115. The van der Waals surface area contributed by atoms with Crippen LogP contribution in [0.15, 0.2) is 53.2 Å². The number of benzene rings is 2. The Morgan fingerprint density at radius 1 is 1.16 bits per heavy atom. The van der Waals surface area contributed by atoms with Crippen LogP contribution in [0.25, 0.3) is 6.08 Å². The van der Waals surface area contributed by atoms with Crippen LogP contribution in [0.2, 0.25) is 10.0 Å². The number of nitrogens with one attached hydrogen (secondary N) is 1. The van der Waals surface area contributed by atoms with Gasteiger partial charge >= 0.3 is 0 Å². The zero-order chi connectivity index (χ0) is 17.8. The first kappa shape index (κ1) is 17.5. The number of ether oxygens (including phenoxy) is 1. The smallest absolute Gasteiger partial charge is 0.275 e. The predicted octanol–water partition coefficient (Wildman–Crippen LogP) is 4.50. The highest BCUT2D eigenvalue weighted by atomic mass is 35.5. The maximum Gasteiger partial charge on any atom is 0.275 e. The maximum atomic E-state index is 12.1. The zero-order valence-corrected chi connectivity index (χ0v) is 15.1. The molecule has 0 unspecified atom stereocenters. The number of aliphatic imine (C=N–C) groups is 1. The molecule has 2 aromatic rings. The van der Waals surface area contributed by atoms with Gasteiger partial charge in [0.25, 0.3) is 5.91 Å². The lowest BCUT2D eigenvalue weighted by Crippen LogP contribution is -2.24. The fourth-order valence-corrected chi connectivity index (χ4v) is 3.00. The third kappa shape index (κ3) is 4.41. The van der Waals surface area contributed by atoms with Crippen molar-refractivity contribution in [2.75, 3.05) is 7.11 Å². The van der Waals surface area contributed by atoms with E-state index < -0.39 is 0 Å². The van der Waals surface area contributed by atoms with Gasteiger partial charge in [-0.3, -0.25) is 4.79 Å². The van der Waals surface area contributed by atoms with Crippen LogP contribution in [0.4, 0.5) is 0 Å². The zero-order valence-electron chi connectivity index (χ0n) is 13.6. The van der Waals surface area contributed by atoms with E-state index in [9.17, 15) is 4.79 Å². The third-order valence-corrected chi connectivity index (χ3v) is 4.30. The Hall–Kier alpha value is -2.30. The molecule has 1 N–H and O–H groups in total. The van der Waals surface area contributed by atoms with Gasteiger partial charge in [-0.25, -0.2) is 4.99 Å². The molecule has 1 aliphatic heterocycles. The van der Waals surface area contributed by atoms with Gasteiger partial charge in [0.2, 0.25) is 0 Å². The van der Waals surface area contributed by atoms with E-state index in [-0.39, 0.29) is 5.91 Å². The van der Waals surface area contributed by atoms with Crippen molar-refractivity contribution in [2.45, 2.75) is 12.8 Å². The molecule has 128 valence electrons. The van der Waals surface area contributed by atoms with Gasteiger partial charge < -0.3 is 10.1 Å². The van der Waals surface area contributed by atoms with Crippen LogP contribution < -0.4 is 10.1 Å². The van der Waals surface area contributed by atoms with Crippen LogP contribution in [-0.4, -0.2) is 18.9 Å². The monoisotopic (exact) mass is 374 g/mol. The molecular weight excluding hydrogens is 359 g/mol. The van der Waals surface area contributed by atoms with E-state index in [2.05, 4.69) is 10.3 Å². The second-order valence-corrected chi connectivity index (χ2v) is 6.41. The number of aryl methyl sites for hydroxylation is 1. The summed E-state index contributed by atoms with van der Waals surface area (Å²) in [4.78, 5) is 16.5. The van der Waals surface area contributed by atoms with E-state index >= 15 is 0 Å². The number of nitrogens with zero attached hydrogens (tertiary/aromatic N) is 1. The molecule has 4 nitrogen and oxygen atoms in total. The number of amides is 1. The molecule has 1 heterocycles. The number of halogens is 2. The minimum atomic E-state index is -0.215. The molecule has 1 aliphatic rings. The Labute approximate surface area is 156 Å². The quantitative estimate of drug-likeness (QED) is 0.783. The topological polar surface area (TPSA) is 50.7 Å². The highest BCUT2D eigenvalue weighted by molar-refractivity contribution is 6.32. The molecule has 0 bridgehead atoms. The SMILES string of the molecule is COc1ccc(/C=C2/N=C(CCc3cccc(Cl)c3)NC2=O)cc1Cl. The summed E-state index contributed by atoms with van der Waals surface area (Å²) >= 11 is 12.1. The van der Waals surface area contributed by atoms with Gasteiger partial charge in [0, 0.05) is 11.4 Å². The lowest BCUT2D eigenvalue weighted by Gasteiger charge is -2.03. The number of rotatable bonds is 5. The van der Waals surface area contributed by atoms with Crippen molar-refractivity contribution in [3.8, 4) is 5.75 Å². The molecule has 0 aliphatic carbocycles. The highest BCUT2D eigenvalue weighted by Gasteiger charge is 2.19. The Bertz CT molecular complexity index is 875. The molecule has 6 heteroatoms. The van der Waals surface area contributed by atoms with Gasteiger partial charge in [-0.2, -0.15) is 0 Å². The largest absolute Gasteiger partial charge is 0.495 e. The van der Waals surface area contributed by atoms with E-state index in [0.29, 0.717) is 33.7 Å². The minimum absolute atomic E-state index is 0.215. The summed E-state index contributed by atoms with van der Waals surface area (Å²) in [6, 6.07) is 13.0. The van der Waals surface area contributed by atoms with Crippen molar-refractivity contribution in [2.24, 2.45) is 4.99 Å². The number of hydrogen-bond donors (Lipinski definition) is 1. The molecule has 0 aromatic heterocycles. The van der Waals surface area contributed by atoms with Gasteiger partial charge in [-0.1, -0.05) is 41.4 Å². The Morgan fingerprint density at radius 2 is 2.00 bits per heavy atom. The van der Waals surface area contributed by atoms with E-state index in [4.69, 9.17) is 27.9 Å². The average molecular weight is 375 g/mol. The fourth-order valence-electron chi connectivity index (χ4n) is 2.52. The molecule has 25 heavy (non-hydrogen) atoms. The van der Waals surface area contributed by atoms with E-state index in [1.54, 1.807) is 25.3 Å². The van der Waals surface area contributed by atoms with Crippen molar-refractivity contribution in [3.05, 3.63) is 69.3 Å². The maximum absolute atomic E-state index is 12.1. The molecular formula is C19H16Cl2N2O2. The van der Waals surface area contributed by atoms with Gasteiger partial charge in [-0.05, 0) is 47.9 Å². The van der Waals surface area contributed by atoms with Crippen molar-refractivity contribution in [1.82, 2.24) is 5.32 Å². The van der Waals surface area contributed by atoms with Gasteiger partial charge in [0.1, 0.15) is 17.3 Å². The van der Waals surface area contributed by atoms with Crippen molar-refractivity contribution in [3.63, 3.8) is 0 Å². The number of amidine groups is 1. The Morgan fingerprint density at radius 3 is 2.72 bits per heavy atom. The summed E-state index contributed by atoms with van der Waals surface area (Å²) < 4.78 is 5.12. The first-order valence-corrected chi connectivity index (χ1v) is 8.49. The van der Waals surface area contributed by atoms with Gasteiger partial charge in [0.05, 0.1) is 12.1 Å². The summed E-state index contributed by atoms with van der Waals surface area (Å²) in [7, 11) is 1.56. The van der Waals surface area contributed by atoms with Gasteiger partial charge in [0.15, 0.2) is 0 Å². The fraction of sp³-hybridized carbons (Fsp3) is 0.158. The van der Waals surface area contributed by atoms with Crippen LogP contribution >= 0.6 is 23.2 Å². The number of carbonyl (C=O) groups excluding carboxylic acids is 1. The van der Waals surface area contributed by atoms with Crippen LogP contribution in [-0.2, 0) is 11.2 Å². The van der Waals surface area contributed by atoms with E-state index in [1.807, 2.05) is 30.3 Å². The molecule has 2 aromatic carbocycles. The molecule has 0 fully saturated rings. The van der Waals surface area contributed by atoms with Crippen LogP contribution in [0.5, 0.6) is 5.75 Å². The summed E-state index contributed by atoms with van der Waals surface area (Å²) in [6.45, 7) is 0. The first-order valence-electron chi connectivity index (χ1n) is 7.74. The minimum Gasteiger partial charge on any atom is -0.495 e.